The van der Waals surface area contributed by atoms with Gasteiger partial charge in [-0.1, -0.05) is 44.2 Å². The van der Waals surface area contributed by atoms with Crippen molar-refractivity contribution in [3.63, 3.8) is 0 Å². The summed E-state index contributed by atoms with van der Waals surface area (Å²) in [6.07, 6.45) is 0.0500. The van der Waals surface area contributed by atoms with Crippen LogP contribution in [0.5, 0.6) is 0 Å². The summed E-state index contributed by atoms with van der Waals surface area (Å²) in [7, 11) is 0. The Kier molecular flexibility index (Phi) is 17.1. The van der Waals surface area contributed by atoms with Crippen LogP contribution in [0.1, 0.15) is 65.4 Å². The summed E-state index contributed by atoms with van der Waals surface area (Å²) in [5.74, 6) is -7.11. The number of benzene rings is 1. The Hall–Kier alpha value is -5.10. The van der Waals surface area contributed by atoms with Crippen molar-refractivity contribution in [2.24, 2.45) is 11.7 Å². The zero-order valence-electron chi connectivity index (χ0n) is 29.8. The van der Waals surface area contributed by atoms with E-state index in [0.29, 0.717) is 12.0 Å². The molecule has 18 nitrogen and oxygen atoms in total. The third-order valence-corrected chi connectivity index (χ3v) is 8.37. The Morgan fingerprint density at radius 2 is 1.37 bits per heavy atom. The molecule has 18 heteroatoms. The molecular formula is C34H51N7O11. The van der Waals surface area contributed by atoms with Gasteiger partial charge in [0.15, 0.2) is 0 Å². The molecule has 0 spiro atoms. The smallest absolute Gasteiger partial charge is 0.326 e. The second-order valence-corrected chi connectivity index (χ2v) is 13.2. The van der Waals surface area contributed by atoms with Crippen LogP contribution in [0.15, 0.2) is 30.3 Å². The van der Waals surface area contributed by atoms with Crippen molar-refractivity contribution in [2.45, 2.75) is 109 Å². The molecule has 0 radical (unpaired) electrons. The first-order valence-corrected chi connectivity index (χ1v) is 17.1. The average Bonchev–Trinajstić information content (AvgIpc) is 3.59. The number of hydrogen-bond donors (Lipinski definition) is 9. The van der Waals surface area contributed by atoms with Crippen LogP contribution in [0, 0.1) is 5.92 Å². The molecule has 0 bridgehead atoms. The first-order chi connectivity index (χ1) is 24.4. The van der Waals surface area contributed by atoms with Crippen LogP contribution >= 0.6 is 0 Å². The van der Waals surface area contributed by atoms with Crippen LogP contribution in [-0.4, -0.2) is 123 Å². The summed E-state index contributed by atoms with van der Waals surface area (Å²) in [6, 6.07) is 0.148. The van der Waals surface area contributed by atoms with Crippen molar-refractivity contribution >= 4 is 47.4 Å². The molecule has 1 aromatic carbocycles. The molecule has 0 aliphatic carbocycles. The number of likely N-dealkylation sites (tertiary alicyclic amines) is 1. The van der Waals surface area contributed by atoms with Gasteiger partial charge in [0.1, 0.15) is 42.3 Å². The van der Waals surface area contributed by atoms with Gasteiger partial charge in [-0.15, -0.1) is 0 Å². The number of aliphatic hydroxyl groups is 1. The predicted octanol–water partition coefficient (Wildman–Crippen LogP) is -2.00. The van der Waals surface area contributed by atoms with E-state index >= 15 is 0 Å². The molecule has 52 heavy (non-hydrogen) atoms. The number of nitrogens with one attached hydrogen (secondary N) is 5. The molecule has 1 saturated heterocycles. The first-order valence-electron chi connectivity index (χ1n) is 17.1. The van der Waals surface area contributed by atoms with Gasteiger partial charge in [0.25, 0.3) is 0 Å². The Morgan fingerprint density at radius 3 is 1.90 bits per heavy atom. The van der Waals surface area contributed by atoms with Gasteiger partial charge < -0.3 is 52.5 Å². The largest absolute Gasteiger partial charge is 0.481 e. The van der Waals surface area contributed by atoms with Crippen molar-refractivity contribution in [3.8, 4) is 0 Å². The Labute approximate surface area is 301 Å². The topological polar surface area (TPSA) is 287 Å². The van der Waals surface area contributed by atoms with Crippen molar-refractivity contribution in [1.29, 1.82) is 0 Å². The van der Waals surface area contributed by atoms with Crippen molar-refractivity contribution in [1.82, 2.24) is 31.5 Å². The maximum Gasteiger partial charge on any atom is 0.326 e. The number of rotatable bonds is 20. The molecule has 6 amide bonds. The number of carboxylic acids is 2. The van der Waals surface area contributed by atoms with E-state index in [4.69, 9.17) is 10.8 Å². The average molecular weight is 734 g/mol. The normalized spacial score (nSPS) is 17.4. The lowest BCUT2D eigenvalue weighted by Gasteiger charge is -2.30. The summed E-state index contributed by atoms with van der Waals surface area (Å²) >= 11 is 0. The second-order valence-electron chi connectivity index (χ2n) is 13.2. The van der Waals surface area contributed by atoms with E-state index in [1.165, 1.54) is 18.7 Å². The highest BCUT2D eigenvalue weighted by Crippen LogP contribution is 2.21. The Bertz CT molecular complexity index is 1440. The molecule has 1 heterocycles. The minimum Gasteiger partial charge on any atom is -0.481 e. The van der Waals surface area contributed by atoms with Crippen molar-refractivity contribution in [2.75, 3.05) is 13.2 Å². The van der Waals surface area contributed by atoms with Gasteiger partial charge in [-0.25, -0.2) is 4.79 Å². The summed E-state index contributed by atoms with van der Waals surface area (Å²) in [5, 5.41) is 40.1. The molecule has 288 valence electrons. The molecule has 0 saturated carbocycles. The van der Waals surface area contributed by atoms with E-state index in [1.54, 1.807) is 30.3 Å². The third kappa shape index (κ3) is 13.6. The molecule has 1 aromatic rings. The van der Waals surface area contributed by atoms with Crippen LogP contribution in [0.3, 0.4) is 0 Å². The quantitative estimate of drug-likeness (QED) is 0.0704. The van der Waals surface area contributed by atoms with Crippen molar-refractivity contribution < 1.29 is 53.7 Å². The highest BCUT2D eigenvalue weighted by atomic mass is 16.4. The lowest BCUT2D eigenvalue weighted by molar-refractivity contribution is -0.145. The number of nitrogens with two attached hydrogens (primary N) is 1. The van der Waals surface area contributed by atoms with Crippen LogP contribution in [-0.2, 0) is 44.8 Å². The van der Waals surface area contributed by atoms with Gasteiger partial charge in [0, 0.05) is 19.4 Å². The summed E-state index contributed by atoms with van der Waals surface area (Å²) in [5.41, 5.74) is 6.13. The molecule has 2 rings (SSSR count). The fourth-order valence-corrected chi connectivity index (χ4v) is 5.49. The highest BCUT2D eigenvalue weighted by Gasteiger charge is 2.39. The molecule has 1 aliphatic rings. The van der Waals surface area contributed by atoms with E-state index < -0.39 is 103 Å². The lowest BCUT2D eigenvalue weighted by atomic mass is 10.0. The molecule has 1 aliphatic heterocycles. The fourth-order valence-electron chi connectivity index (χ4n) is 5.49. The van der Waals surface area contributed by atoms with Gasteiger partial charge >= 0.3 is 11.9 Å². The predicted molar refractivity (Wildman–Crippen MR) is 185 cm³/mol. The van der Waals surface area contributed by atoms with Crippen LogP contribution in [0.2, 0.25) is 0 Å². The van der Waals surface area contributed by atoms with Gasteiger partial charge in [-0.3, -0.25) is 33.6 Å². The number of carbonyl (C=O) groups is 8. The van der Waals surface area contributed by atoms with Gasteiger partial charge in [0.2, 0.25) is 35.4 Å². The minimum atomic E-state index is -1.44. The SMILES string of the molecule is CC(C)CC(NC(=O)C1CCCN1C(=O)C(Cc1ccccc1)NC(=O)C(C)NC(=O)C(CCC(=O)O)NC(=O)C(C)NC(=O)C(N)CO)C(=O)O. The van der Waals surface area contributed by atoms with Crippen LogP contribution in [0.4, 0.5) is 0 Å². The summed E-state index contributed by atoms with van der Waals surface area (Å²) < 4.78 is 0. The molecule has 7 unspecified atom stereocenters. The van der Waals surface area contributed by atoms with Crippen molar-refractivity contribution in [3.05, 3.63) is 35.9 Å². The van der Waals surface area contributed by atoms with Crippen LogP contribution < -0.4 is 32.3 Å². The van der Waals surface area contributed by atoms with Crippen LogP contribution in [0.25, 0.3) is 0 Å². The maximum absolute atomic E-state index is 14.0. The van der Waals surface area contributed by atoms with E-state index in [1.807, 2.05) is 13.8 Å². The standard InChI is InChI=1S/C34H51N7O11/c1-18(2)15-25(34(51)52)40-32(49)26-11-8-14-41(26)33(50)24(16-21-9-6-5-7-10-21)39-29(46)20(4)37-31(48)23(12-13-27(43)44)38-28(45)19(3)36-30(47)22(35)17-42/h5-7,9-10,18-20,22-26,42H,8,11-17,35H2,1-4H3,(H,36,47)(H,37,48)(H,38,45)(H,39,46)(H,40,49)(H,43,44)(H,51,52). The third-order valence-electron chi connectivity index (χ3n) is 8.37. The highest BCUT2D eigenvalue weighted by molar-refractivity contribution is 5.97. The van der Waals surface area contributed by atoms with E-state index in [0.717, 1.165) is 0 Å². The van der Waals surface area contributed by atoms with Gasteiger partial charge in [0.05, 0.1) is 6.61 Å². The molecule has 7 atom stereocenters. The van der Waals surface area contributed by atoms with Gasteiger partial charge in [-0.05, 0) is 51.0 Å². The number of nitrogens with zero attached hydrogens (tertiary/aromatic N) is 1. The molecular weight excluding hydrogens is 682 g/mol. The maximum atomic E-state index is 14.0. The monoisotopic (exact) mass is 733 g/mol. The zero-order valence-corrected chi connectivity index (χ0v) is 29.8. The van der Waals surface area contributed by atoms with E-state index in [2.05, 4.69) is 26.6 Å². The number of hydrogen-bond acceptors (Lipinski definition) is 10. The van der Waals surface area contributed by atoms with Gasteiger partial charge in [-0.2, -0.15) is 0 Å². The number of carbonyl (C=O) groups excluding carboxylic acids is 6. The summed E-state index contributed by atoms with van der Waals surface area (Å²) in [6.45, 7) is 5.75. The molecule has 10 N–H and O–H groups in total. The number of aliphatic carboxylic acids is 2. The Morgan fingerprint density at radius 1 is 0.788 bits per heavy atom. The lowest BCUT2D eigenvalue weighted by Crippen LogP contribution is -2.59. The molecule has 1 fully saturated rings. The molecule has 0 aromatic heterocycles. The Balaban J connectivity index is 2.22. The zero-order chi connectivity index (χ0) is 39.1. The number of aliphatic hydroxyl groups excluding tert-OH is 1. The van der Waals surface area contributed by atoms with E-state index in [-0.39, 0.29) is 38.1 Å². The first kappa shape index (κ1) is 43.1. The second kappa shape index (κ2) is 20.7. The van der Waals surface area contributed by atoms with E-state index in [9.17, 15) is 48.6 Å². The fraction of sp³-hybridized carbons (Fsp3) is 0.588. The number of amides is 6. The number of carboxylic acid groups (broad SMARTS) is 2. The minimum absolute atomic E-state index is 0.0167. The summed E-state index contributed by atoms with van der Waals surface area (Å²) in [4.78, 5) is 103.